The molecule has 18 heavy (non-hydrogen) atoms. The third-order valence-corrected chi connectivity index (χ3v) is 2.75. The highest BCUT2D eigenvalue weighted by molar-refractivity contribution is 9.10. The first-order valence-electron chi connectivity index (χ1n) is 5.12. The molecule has 0 aromatic carbocycles. The van der Waals surface area contributed by atoms with Crippen LogP contribution >= 0.6 is 15.9 Å². The minimum atomic E-state index is -0.546. The number of aromatic nitrogens is 3. The zero-order chi connectivity index (χ0) is 13.1. The maximum absolute atomic E-state index is 11.3. The van der Waals surface area contributed by atoms with Gasteiger partial charge in [-0.1, -0.05) is 0 Å². The van der Waals surface area contributed by atoms with Crippen molar-refractivity contribution in [3.8, 4) is 0 Å². The van der Waals surface area contributed by atoms with Gasteiger partial charge in [0.25, 0.3) is 0 Å². The van der Waals surface area contributed by atoms with Crippen molar-refractivity contribution in [3.63, 3.8) is 0 Å². The zero-order valence-electron chi connectivity index (χ0n) is 9.63. The first kappa shape index (κ1) is 12.6. The van der Waals surface area contributed by atoms with Crippen LogP contribution in [0.1, 0.15) is 16.2 Å². The highest BCUT2D eigenvalue weighted by Gasteiger charge is 2.15. The topological polar surface area (TPSA) is 83.0 Å². The van der Waals surface area contributed by atoms with E-state index in [1.807, 2.05) is 12.1 Å². The van der Waals surface area contributed by atoms with E-state index in [1.165, 1.54) is 7.11 Å². The van der Waals surface area contributed by atoms with Crippen molar-refractivity contribution in [2.45, 2.75) is 6.54 Å². The Bertz CT molecular complexity index is 565. The van der Waals surface area contributed by atoms with Gasteiger partial charge >= 0.3 is 5.97 Å². The maximum atomic E-state index is 11.3. The quantitative estimate of drug-likeness (QED) is 0.868. The van der Waals surface area contributed by atoms with Crippen LogP contribution in [0.5, 0.6) is 0 Å². The monoisotopic (exact) mass is 310 g/mol. The van der Waals surface area contributed by atoms with Crippen LogP contribution in [-0.2, 0) is 11.3 Å². The highest BCUT2D eigenvalue weighted by Crippen LogP contribution is 2.12. The lowest BCUT2D eigenvalue weighted by Crippen LogP contribution is -2.07. The predicted octanol–water partition coefficient (Wildman–Crippen LogP) is 1.46. The molecule has 0 saturated heterocycles. The van der Waals surface area contributed by atoms with Gasteiger partial charge in [-0.05, 0) is 28.1 Å². The van der Waals surface area contributed by atoms with Crippen molar-refractivity contribution >= 4 is 27.6 Å². The molecule has 0 fully saturated rings. The molecular formula is C11H11BrN4O2. The van der Waals surface area contributed by atoms with Crippen molar-refractivity contribution in [2.24, 2.45) is 0 Å². The first-order chi connectivity index (χ1) is 8.60. The maximum Gasteiger partial charge on any atom is 0.360 e. The van der Waals surface area contributed by atoms with Crippen molar-refractivity contribution < 1.29 is 9.53 Å². The molecule has 2 heterocycles. The number of esters is 1. The molecule has 0 aliphatic heterocycles. The molecule has 6 nitrogen and oxygen atoms in total. The average molecular weight is 311 g/mol. The van der Waals surface area contributed by atoms with Gasteiger partial charge in [-0.2, -0.15) is 5.10 Å². The molecule has 0 aliphatic rings. The van der Waals surface area contributed by atoms with Crippen LogP contribution in [-0.4, -0.2) is 27.8 Å². The van der Waals surface area contributed by atoms with Crippen LogP contribution in [0.25, 0.3) is 0 Å². The van der Waals surface area contributed by atoms with Gasteiger partial charge in [0, 0.05) is 16.9 Å². The summed E-state index contributed by atoms with van der Waals surface area (Å²) in [5.41, 5.74) is 6.91. The van der Waals surface area contributed by atoms with E-state index in [2.05, 4.69) is 30.7 Å². The number of nitrogen functional groups attached to an aromatic ring is 1. The van der Waals surface area contributed by atoms with E-state index in [0.717, 1.165) is 10.2 Å². The molecule has 0 aliphatic carbocycles. The number of nitrogens with two attached hydrogens (primary N) is 1. The Morgan fingerprint density at radius 1 is 1.56 bits per heavy atom. The second-order valence-corrected chi connectivity index (χ2v) is 4.51. The SMILES string of the molecule is COC(=O)c1nn(Cc2ccc(Br)cn2)cc1N. The molecular weight excluding hydrogens is 300 g/mol. The number of rotatable bonds is 3. The summed E-state index contributed by atoms with van der Waals surface area (Å²) in [5, 5.41) is 4.06. The molecule has 0 amide bonds. The second-order valence-electron chi connectivity index (χ2n) is 3.59. The van der Waals surface area contributed by atoms with Crippen LogP contribution in [0.3, 0.4) is 0 Å². The molecule has 7 heteroatoms. The molecule has 94 valence electrons. The Hall–Kier alpha value is -1.89. The number of nitrogens with zero attached hydrogens (tertiary/aromatic N) is 3. The fourth-order valence-corrected chi connectivity index (χ4v) is 1.67. The fraction of sp³-hybridized carbons (Fsp3) is 0.182. The number of ether oxygens (including phenoxy) is 1. The number of pyridine rings is 1. The lowest BCUT2D eigenvalue weighted by atomic mass is 10.3. The third-order valence-electron chi connectivity index (χ3n) is 2.28. The van der Waals surface area contributed by atoms with Crippen LogP contribution in [0.15, 0.2) is 29.0 Å². The third kappa shape index (κ3) is 2.67. The number of carbonyl (C=O) groups is 1. The summed E-state index contributed by atoms with van der Waals surface area (Å²) < 4.78 is 7.04. The number of anilines is 1. The Morgan fingerprint density at radius 3 is 2.94 bits per heavy atom. The largest absolute Gasteiger partial charge is 0.464 e. The predicted molar refractivity (Wildman–Crippen MR) is 69.0 cm³/mol. The number of hydrogen-bond acceptors (Lipinski definition) is 5. The van der Waals surface area contributed by atoms with Crippen LogP contribution in [0, 0.1) is 0 Å². The van der Waals surface area contributed by atoms with Gasteiger partial charge in [-0.25, -0.2) is 4.79 Å². The zero-order valence-corrected chi connectivity index (χ0v) is 11.2. The highest BCUT2D eigenvalue weighted by atomic mass is 79.9. The van der Waals surface area contributed by atoms with Crippen molar-refractivity contribution in [2.75, 3.05) is 12.8 Å². The van der Waals surface area contributed by atoms with E-state index in [9.17, 15) is 4.79 Å². The Morgan fingerprint density at radius 2 is 2.33 bits per heavy atom. The summed E-state index contributed by atoms with van der Waals surface area (Å²) in [6, 6.07) is 3.75. The van der Waals surface area contributed by atoms with Gasteiger partial charge in [-0.3, -0.25) is 9.67 Å². The van der Waals surface area contributed by atoms with Gasteiger partial charge in [0.05, 0.1) is 25.0 Å². The lowest BCUT2D eigenvalue weighted by Gasteiger charge is -2.00. The summed E-state index contributed by atoms with van der Waals surface area (Å²) >= 11 is 3.31. The number of methoxy groups -OCH3 is 1. The minimum absolute atomic E-state index is 0.120. The van der Waals surface area contributed by atoms with E-state index >= 15 is 0 Å². The van der Waals surface area contributed by atoms with Crippen molar-refractivity contribution in [1.82, 2.24) is 14.8 Å². The van der Waals surface area contributed by atoms with E-state index in [-0.39, 0.29) is 5.69 Å². The molecule has 2 aromatic rings. The molecule has 0 radical (unpaired) electrons. The second kappa shape index (κ2) is 5.18. The van der Waals surface area contributed by atoms with E-state index in [0.29, 0.717) is 12.2 Å². The minimum Gasteiger partial charge on any atom is -0.464 e. The Labute approximate surface area is 112 Å². The Balaban J connectivity index is 2.20. The molecule has 0 bridgehead atoms. The number of hydrogen-bond donors (Lipinski definition) is 1. The van der Waals surface area contributed by atoms with E-state index in [1.54, 1.807) is 17.1 Å². The first-order valence-corrected chi connectivity index (χ1v) is 5.91. The van der Waals surface area contributed by atoms with E-state index in [4.69, 9.17) is 5.73 Å². The Kier molecular flexibility index (Phi) is 3.61. The summed E-state index contributed by atoms with van der Waals surface area (Å²) in [7, 11) is 1.29. The summed E-state index contributed by atoms with van der Waals surface area (Å²) in [6.45, 7) is 0.439. The molecule has 0 spiro atoms. The molecule has 0 unspecified atom stereocenters. The molecule has 0 atom stereocenters. The van der Waals surface area contributed by atoms with Gasteiger partial charge in [0.2, 0.25) is 0 Å². The molecule has 2 aromatic heterocycles. The smallest absolute Gasteiger partial charge is 0.360 e. The van der Waals surface area contributed by atoms with Gasteiger partial charge < -0.3 is 10.5 Å². The lowest BCUT2D eigenvalue weighted by molar-refractivity contribution is 0.0594. The van der Waals surface area contributed by atoms with Crippen LogP contribution in [0.4, 0.5) is 5.69 Å². The summed E-state index contributed by atoms with van der Waals surface area (Å²) in [5.74, 6) is -0.546. The number of halogens is 1. The van der Waals surface area contributed by atoms with Crippen molar-refractivity contribution in [1.29, 1.82) is 0 Å². The van der Waals surface area contributed by atoms with Crippen LogP contribution < -0.4 is 5.73 Å². The fourth-order valence-electron chi connectivity index (χ4n) is 1.44. The van der Waals surface area contributed by atoms with E-state index < -0.39 is 5.97 Å². The van der Waals surface area contributed by atoms with Gasteiger partial charge in [-0.15, -0.1) is 0 Å². The molecule has 2 N–H and O–H groups in total. The summed E-state index contributed by atoms with van der Waals surface area (Å²) in [4.78, 5) is 15.6. The molecule has 2 rings (SSSR count). The summed E-state index contributed by atoms with van der Waals surface area (Å²) in [6.07, 6.45) is 3.28. The molecule has 0 saturated carbocycles. The normalized spacial score (nSPS) is 10.3. The van der Waals surface area contributed by atoms with Crippen molar-refractivity contribution in [3.05, 3.63) is 40.4 Å². The van der Waals surface area contributed by atoms with Gasteiger partial charge in [0.1, 0.15) is 0 Å². The van der Waals surface area contributed by atoms with Gasteiger partial charge in [0.15, 0.2) is 5.69 Å². The van der Waals surface area contributed by atoms with Crippen LogP contribution in [0.2, 0.25) is 0 Å². The number of carbonyl (C=O) groups excluding carboxylic acids is 1. The average Bonchev–Trinajstić information content (AvgIpc) is 2.72. The standard InChI is InChI=1S/C11H11BrN4O2/c1-18-11(17)10-9(13)6-16(15-10)5-8-3-2-7(12)4-14-8/h2-4,6H,5,13H2,1H3.